The van der Waals surface area contributed by atoms with Crippen molar-refractivity contribution < 1.29 is 0 Å². The fourth-order valence-corrected chi connectivity index (χ4v) is 0.877. The summed E-state index contributed by atoms with van der Waals surface area (Å²) in [4.78, 5) is 0. The zero-order valence-corrected chi connectivity index (χ0v) is 6.33. The lowest BCUT2D eigenvalue weighted by molar-refractivity contribution is 1.48. The number of nitrogens with zero attached hydrogens (tertiary/aromatic N) is 1. The maximum absolute atomic E-state index is 8.63. The highest BCUT2D eigenvalue weighted by molar-refractivity contribution is 5.86. The lowest BCUT2D eigenvalue weighted by Crippen LogP contribution is -2.05. The molecule has 0 amide bonds. The number of nitrogens with two attached hydrogens (primary N) is 4. The van der Waals surface area contributed by atoms with E-state index in [1.165, 1.54) is 6.07 Å². The van der Waals surface area contributed by atoms with Gasteiger partial charge in [0.15, 0.2) is 0 Å². The average Bonchev–Trinajstić information content (AvgIpc) is 2.02. The van der Waals surface area contributed by atoms with Crippen molar-refractivity contribution in [1.29, 1.82) is 5.26 Å². The number of rotatable bonds is 0. The predicted octanol–water partition coefficient (Wildman–Crippen LogP) is -0.113. The minimum absolute atomic E-state index is 0.146. The summed E-state index contributed by atoms with van der Waals surface area (Å²) in [7, 11) is 0. The van der Waals surface area contributed by atoms with Crippen molar-refractivity contribution in [3.63, 3.8) is 0 Å². The fourth-order valence-electron chi connectivity index (χ4n) is 0.877. The highest BCUT2D eigenvalue weighted by atomic mass is 14.7. The van der Waals surface area contributed by atoms with Crippen LogP contribution in [0.25, 0.3) is 0 Å². The summed E-state index contributed by atoms with van der Waals surface area (Å²) in [5, 5.41) is 8.63. The lowest BCUT2D eigenvalue weighted by atomic mass is 10.1. The van der Waals surface area contributed by atoms with Gasteiger partial charge in [-0.1, -0.05) is 0 Å². The summed E-state index contributed by atoms with van der Waals surface area (Å²) in [6, 6.07) is 3.27. The number of nitrogen functional groups attached to an aromatic ring is 4. The molecule has 5 heteroatoms. The third-order valence-corrected chi connectivity index (χ3v) is 1.58. The molecule has 0 saturated carbocycles. The van der Waals surface area contributed by atoms with Crippen molar-refractivity contribution in [2.75, 3.05) is 22.9 Å². The van der Waals surface area contributed by atoms with Crippen molar-refractivity contribution in [3.8, 4) is 6.07 Å². The van der Waals surface area contributed by atoms with E-state index in [9.17, 15) is 0 Å². The highest BCUT2D eigenvalue weighted by Gasteiger charge is 2.09. The van der Waals surface area contributed by atoms with Crippen LogP contribution >= 0.6 is 0 Å². The van der Waals surface area contributed by atoms with E-state index in [1.807, 2.05) is 6.07 Å². The Kier molecular flexibility index (Phi) is 1.67. The summed E-state index contributed by atoms with van der Waals surface area (Å²) in [6.07, 6.45) is 0. The second-order valence-electron chi connectivity index (χ2n) is 2.37. The van der Waals surface area contributed by atoms with Crippen LogP contribution in [0.15, 0.2) is 6.07 Å². The molecule has 0 radical (unpaired) electrons. The van der Waals surface area contributed by atoms with Gasteiger partial charge in [-0.15, -0.1) is 0 Å². The molecule has 0 heterocycles. The molecule has 0 unspecified atom stereocenters. The van der Waals surface area contributed by atoms with Crippen LogP contribution in [-0.2, 0) is 0 Å². The molecule has 0 aliphatic rings. The maximum atomic E-state index is 8.63. The van der Waals surface area contributed by atoms with E-state index in [-0.39, 0.29) is 28.3 Å². The largest absolute Gasteiger partial charge is 0.397 e. The zero-order valence-electron chi connectivity index (χ0n) is 6.33. The monoisotopic (exact) mass is 163 g/mol. The van der Waals surface area contributed by atoms with Crippen molar-refractivity contribution in [2.24, 2.45) is 0 Å². The number of nitriles is 1. The Morgan fingerprint density at radius 2 is 1.42 bits per heavy atom. The molecule has 0 saturated heterocycles. The minimum atomic E-state index is 0.146. The van der Waals surface area contributed by atoms with Crippen molar-refractivity contribution >= 4 is 22.7 Å². The van der Waals surface area contributed by atoms with Crippen LogP contribution in [-0.4, -0.2) is 0 Å². The van der Waals surface area contributed by atoms with Gasteiger partial charge in [0.2, 0.25) is 0 Å². The third-order valence-electron chi connectivity index (χ3n) is 1.58. The normalized spacial score (nSPS) is 9.25. The molecule has 0 bridgehead atoms. The summed E-state index contributed by atoms with van der Waals surface area (Å²) in [5.74, 6) is 0. The predicted molar refractivity (Wildman–Crippen MR) is 48.8 cm³/mol. The quantitative estimate of drug-likeness (QED) is 0.396. The van der Waals surface area contributed by atoms with Gasteiger partial charge in [0.25, 0.3) is 0 Å². The Morgan fingerprint density at radius 3 is 1.75 bits per heavy atom. The average molecular weight is 163 g/mol. The molecule has 1 aromatic carbocycles. The molecule has 62 valence electrons. The van der Waals surface area contributed by atoms with Crippen LogP contribution in [0.5, 0.6) is 0 Å². The summed E-state index contributed by atoms with van der Waals surface area (Å²) in [5.41, 5.74) is 22.9. The third kappa shape index (κ3) is 0.953. The SMILES string of the molecule is N#Cc1c(N)c(N)cc(N)c1N. The van der Waals surface area contributed by atoms with Gasteiger partial charge in [0, 0.05) is 0 Å². The summed E-state index contributed by atoms with van der Waals surface area (Å²) < 4.78 is 0. The molecule has 8 N–H and O–H groups in total. The van der Waals surface area contributed by atoms with Crippen molar-refractivity contribution in [1.82, 2.24) is 0 Å². The first-order valence-corrected chi connectivity index (χ1v) is 3.21. The summed E-state index contributed by atoms with van der Waals surface area (Å²) in [6.45, 7) is 0. The van der Waals surface area contributed by atoms with E-state index in [0.717, 1.165) is 0 Å². The van der Waals surface area contributed by atoms with Gasteiger partial charge in [0.1, 0.15) is 11.6 Å². The fraction of sp³-hybridized carbons (Fsp3) is 0. The second kappa shape index (κ2) is 2.51. The van der Waals surface area contributed by atoms with E-state index < -0.39 is 0 Å². The Bertz CT molecular complexity index is 337. The van der Waals surface area contributed by atoms with E-state index >= 15 is 0 Å². The molecule has 1 aromatic rings. The topological polar surface area (TPSA) is 128 Å². The van der Waals surface area contributed by atoms with Crippen LogP contribution in [0.4, 0.5) is 22.7 Å². The van der Waals surface area contributed by atoms with Crippen molar-refractivity contribution in [2.45, 2.75) is 0 Å². The Hall–Kier alpha value is -2.09. The van der Waals surface area contributed by atoms with Gasteiger partial charge in [-0.2, -0.15) is 5.26 Å². The molecule has 12 heavy (non-hydrogen) atoms. The molecule has 0 aromatic heterocycles. The first kappa shape index (κ1) is 8.01. The number of hydrogen-bond donors (Lipinski definition) is 4. The van der Waals surface area contributed by atoms with E-state index in [1.54, 1.807) is 0 Å². The van der Waals surface area contributed by atoms with Crippen LogP contribution in [0.2, 0.25) is 0 Å². The number of anilines is 4. The Balaban J connectivity index is 3.56. The lowest BCUT2D eigenvalue weighted by Gasteiger charge is -2.07. The first-order chi connectivity index (χ1) is 5.57. The molecule has 0 spiro atoms. The van der Waals surface area contributed by atoms with Gasteiger partial charge in [-0.3, -0.25) is 0 Å². The van der Waals surface area contributed by atoms with Crippen LogP contribution < -0.4 is 22.9 Å². The maximum Gasteiger partial charge on any atom is 0.104 e. The molecule has 0 atom stereocenters. The molecule has 5 nitrogen and oxygen atoms in total. The molecule has 0 aliphatic heterocycles. The molecular weight excluding hydrogens is 154 g/mol. The van der Waals surface area contributed by atoms with Gasteiger partial charge >= 0.3 is 0 Å². The number of benzene rings is 1. The Morgan fingerprint density at radius 1 is 1.00 bits per heavy atom. The van der Waals surface area contributed by atoms with Gasteiger partial charge in [-0.25, -0.2) is 0 Å². The van der Waals surface area contributed by atoms with Crippen molar-refractivity contribution in [3.05, 3.63) is 11.6 Å². The second-order valence-corrected chi connectivity index (χ2v) is 2.37. The van der Waals surface area contributed by atoms with Gasteiger partial charge < -0.3 is 22.9 Å². The number of hydrogen-bond acceptors (Lipinski definition) is 5. The smallest absolute Gasteiger partial charge is 0.104 e. The van der Waals surface area contributed by atoms with E-state index in [0.29, 0.717) is 0 Å². The minimum Gasteiger partial charge on any atom is -0.397 e. The molecule has 0 aliphatic carbocycles. The standard InChI is InChI=1S/C7H9N5/c8-2-3-6(11)4(9)1-5(10)7(3)12/h1H,9-12H2. The first-order valence-electron chi connectivity index (χ1n) is 3.21. The van der Waals surface area contributed by atoms with Crippen LogP contribution in [0.1, 0.15) is 5.56 Å². The van der Waals surface area contributed by atoms with Gasteiger partial charge in [-0.05, 0) is 6.07 Å². The van der Waals surface area contributed by atoms with E-state index in [2.05, 4.69) is 0 Å². The highest BCUT2D eigenvalue weighted by Crippen LogP contribution is 2.30. The molecule has 0 fully saturated rings. The zero-order chi connectivity index (χ0) is 9.30. The van der Waals surface area contributed by atoms with Crippen LogP contribution in [0.3, 0.4) is 0 Å². The van der Waals surface area contributed by atoms with Crippen LogP contribution in [0, 0.1) is 11.3 Å². The van der Waals surface area contributed by atoms with Gasteiger partial charge in [0.05, 0.1) is 22.7 Å². The summed E-state index contributed by atoms with van der Waals surface area (Å²) >= 11 is 0. The Labute approximate surface area is 69.5 Å². The van der Waals surface area contributed by atoms with E-state index in [4.69, 9.17) is 28.2 Å². The molecule has 1 rings (SSSR count). The molecular formula is C7H9N5.